The summed E-state index contributed by atoms with van der Waals surface area (Å²) in [4.78, 5) is 0. The monoisotopic (exact) mass is 221 g/mol. The van der Waals surface area contributed by atoms with Crippen molar-refractivity contribution in [1.82, 2.24) is 0 Å². The molecule has 1 heterocycles. The summed E-state index contributed by atoms with van der Waals surface area (Å²) in [6.45, 7) is 4.07. The summed E-state index contributed by atoms with van der Waals surface area (Å²) in [5.41, 5.74) is 8.19. The van der Waals surface area contributed by atoms with Crippen molar-refractivity contribution in [2.45, 2.75) is 20.1 Å². The summed E-state index contributed by atoms with van der Waals surface area (Å²) in [6, 6.07) is 6.29. The molecule has 0 saturated heterocycles. The molecule has 0 unspecified atom stereocenters. The van der Waals surface area contributed by atoms with Gasteiger partial charge >= 0.3 is 0 Å². The van der Waals surface area contributed by atoms with Gasteiger partial charge in [0.2, 0.25) is 0 Å². The molecule has 0 radical (unpaired) electrons. The molecule has 1 aromatic heterocycles. The van der Waals surface area contributed by atoms with E-state index in [1.807, 2.05) is 6.92 Å². The second-order valence-corrected chi connectivity index (χ2v) is 4.28. The molecule has 1 aromatic carbocycles. The second-order valence-electron chi connectivity index (χ2n) is 3.40. The molecule has 0 atom stereocenters. The molecule has 2 N–H and O–H groups in total. The standard InChI is InChI=1S/C12H15NOS/c1-2-14-7-10-8-15-12-9(6-13)4-3-5-11(10)12/h3-5,8H,2,6-7,13H2,1H3. The number of nitrogens with two attached hydrogens (primary N) is 1. The first-order valence-corrected chi connectivity index (χ1v) is 6.00. The molecule has 0 fully saturated rings. The van der Waals surface area contributed by atoms with Gasteiger partial charge in [0.05, 0.1) is 6.61 Å². The number of thiophene rings is 1. The van der Waals surface area contributed by atoms with Crippen LogP contribution in [0.15, 0.2) is 23.6 Å². The number of hydrogen-bond acceptors (Lipinski definition) is 3. The SMILES string of the molecule is CCOCc1csc2c(CN)cccc12. The highest BCUT2D eigenvalue weighted by Crippen LogP contribution is 2.29. The van der Waals surface area contributed by atoms with E-state index in [0.29, 0.717) is 13.2 Å². The van der Waals surface area contributed by atoms with E-state index in [1.54, 1.807) is 11.3 Å². The quantitative estimate of drug-likeness (QED) is 0.861. The van der Waals surface area contributed by atoms with Crippen molar-refractivity contribution in [2.75, 3.05) is 6.61 Å². The van der Waals surface area contributed by atoms with E-state index in [2.05, 4.69) is 23.6 Å². The Bertz CT molecular complexity index is 450. The van der Waals surface area contributed by atoms with E-state index >= 15 is 0 Å². The van der Waals surface area contributed by atoms with Gasteiger partial charge in [-0.15, -0.1) is 11.3 Å². The van der Waals surface area contributed by atoms with Crippen LogP contribution in [0.5, 0.6) is 0 Å². The van der Waals surface area contributed by atoms with Crippen LogP contribution in [-0.2, 0) is 17.9 Å². The molecular weight excluding hydrogens is 206 g/mol. The van der Waals surface area contributed by atoms with Gasteiger partial charge in [0.15, 0.2) is 0 Å². The lowest BCUT2D eigenvalue weighted by Crippen LogP contribution is -1.96. The Morgan fingerprint density at radius 1 is 1.33 bits per heavy atom. The Labute approximate surface area is 93.7 Å². The fourth-order valence-electron chi connectivity index (χ4n) is 1.65. The summed E-state index contributed by atoms with van der Waals surface area (Å²) in [6.07, 6.45) is 0. The molecule has 80 valence electrons. The first-order chi connectivity index (χ1) is 7.36. The van der Waals surface area contributed by atoms with Crippen molar-refractivity contribution < 1.29 is 4.74 Å². The number of ether oxygens (including phenoxy) is 1. The Kier molecular flexibility index (Phi) is 3.36. The van der Waals surface area contributed by atoms with Crippen LogP contribution < -0.4 is 5.73 Å². The van der Waals surface area contributed by atoms with E-state index in [0.717, 1.165) is 6.61 Å². The molecular formula is C12H15NOS. The summed E-state index contributed by atoms with van der Waals surface area (Å²) in [5, 5.41) is 3.45. The average molecular weight is 221 g/mol. The Morgan fingerprint density at radius 3 is 2.93 bits per heavy atom. The van der Waals surface area contributed by atoms with Gasteiger partial charge < -0.3 is 10.5 Å². The zero-order valence-corrected chi connectivity index (χ0v) is 9.64. The van der Waals surface area contributed by atoms with Crippen molar-refractivity contribution in [3.8, 4) is 0 Å². The minimum Gasteiger partial charge on any atom is -0.377 e. The number of benzene rings is 1. The van der Waals surface area contributed by atoms with Crippen LogP contribution in [0.1, 0.15) is 18.1 Å². The fraction of sp³-hybridized carbons (Fsp3) is 0.333. The first-order valence-electron chi connectivity index (χ1n) is 5.12. The molecule has 0 amide bonds. The van der Waals surface area contributed by atoms with Crippen LogP contribution in [0.25, 0.3) is 10.1 Å². The van der Waals surface area contributed by atoms with Gasteiger partial charge in [-0.2, -0.15) is 0 Å². The van der Waals surface area contributed by atoms with E-state index in [4.69, 9.17) is 10.5 Å². The van der Waals surface area contributed by atoms with Crippen LogP contribution in [0, 0.1) is 0 Å². The van der Waals surface area contributed by atoms with Crippen LogP contribution >= 0.6 is 11.3 Å². The average Bonchev–Trinajstić information content (AvgIpc) is 2.69. The van der Waals surface area contributed by atoms with E-state index in [-0.39, 0.29) is 0 Å². The minimum absolute atomic E-state index is 0.603. The highest BCUT2D eigenvalue weighted by molar-refractivity contribution is 7.17. The van der Waals surface area contributed by atoms with Crippen molar-refractivity contribution in [1.29, 1.82) is 0 Å². The summed E-state index contributed by atoms with van der Waals surface area (Å²) in [5.74, 6) is 0. The smallest absolute Gasteiger partial charge is 0.0730 e. The van der Waals surface area contributed by atoms with Gasteiger partial charge in [0, 0.05) is 17.9 Å². The molecule has 2 nitrogen and oxygen atoms in total. The maximum Gasteiger partial charge on any atom is 0.0730 e. The normalized spacial score (nSPS) is 11.1. The van der Waals surface area contributed by atoms with Crippen LogP contribution in [0.2, 0.25) is 0 Å². The maximum atomic E-state index is 5.70. The first kappa shape index (κ1) is 10.6. The number of hydrogen-bond donors (Lipinski definition) is 1. The van der Waals surface area contributed by atoms with Crippen molar-refractivity contribution >= 4 is 21.4 Å². The molecule has 0 aliphatic rings. The van der Waals surface area contributed by atoms with Gasteiger partial charge in [-0.05, 0) is 28.8 Å². The van der Waals surface area contributed by atoms with E-state index < -0.39 is 0 Å². The molecule has 0 aliphatic heterocycles. The molecule has 2 aromatic rings. The van der Waals surface area contributed by atoms with E-state index in [1.165, 1.54) is 21.2 Å². The van der Waals surface area contributed by atoms with Crippen LogP contribution in [0.4, 0.5) is 0 Å². The Morgan fingerprint density at radius 2 is 2.20 bits per heavy atom. The zero-order chi connectivity index (χ0) is 10.7. The lowest BCUT2D eigenvalue weighted by atomic mass is 10.1. The Hall–Kier alpha value is -0.900. The number of rotatable bonds is 4. The fourth-order valence-corrected chi connectivity index (χ4v) is 2.74. The minimum atomic E-state index is 0.603. The lowest BCUT2D eigenvalue weighted by molar-refractivity contribution is 0.135. The molecule has 0 saturated carbocycles. The summed E-state index contributed by atoms with van der Waals surface area (Å²) >= 11 is 1.76. The topological polar surface area (TPSA) is 35.2 Å². The van der Waals surface area contributed by atoms with Crippen molar-refractivity contribution in [3.05, 3.63) is 34.7 Å². The van der Waals surface area contributed by atoms with Crippen LogP contribution in [0.3, 0.4) is 0 Å². The second kappa shape index (κ2) is 4.75. The third kappa shape index (κ3) is 2.04. The highest BCUT2D eigenvalue weighted by atomic mass is 32.1. The molecule has 3 heteroatoms. The third-order valence-corrected chi connectivity index (χ3v) is 3.56. The zero-order valence-electron chi connectivity index (χ0n) is 8.82. The highest BCUT2D eigenvalue weighted by Gasteiger charge is 2.06. The summed E-state index contributed by atoms with van der Waals surface area (Å²) < 4.78 is 6.74. The predicted molar refractivity (Wildman–Crippen MR) is 65.0 cm³/mol. The molecule has 0 bridgehead atoms. The van der Waals surface area contributed by atoms with Gasteiger partial charge in [-0.3, -0.25) is 0 Å². The van der Waals surface area contributed by atoms with Crippen LogP contribution in [-0.4, -0.2) is 6.61 Å². The predicted octanol–water partition coefficient (Wildman–Crippen LogP) is 2.90. The van der Waals surface area contributed by atoms with Gasteiger partial charge in [0.1, 0.15) is 0 Å². The molecule has 0 spiro atoms. The van der Waals surface area contributed by atoms with Gasteiger partial charge in [-0.1, -0.05) is 18.2 Å². The molecule has 2 rings (SSSR count). The number of fused-ring (bicyclic) bond motifs is 1. The Balaban J connectivity index is 2.42. The molecule has 15 heavy (non-hydrogen) atoms. The van der Waals surface area contributed by atoms with E-state index in [9.17, 15) is 0 Å². The van der Waals surface area contributed by atoms with Gasteiger partial charge in [0.25, 0.3) is 0 Å². The molecule has 0 aliphatic carbocycles. The lowest BCUT2D eigenvalue weighted by Gasteiger charge is -2.01. The maximum absolute atomic E-state index is 5.70. The van der Waals surface area contributed by atoms with Gasteiger partial charge in [-0.25, -0.2) is 0 Å². The third-order valence-electron chi connectivity index (χ3n) is 2.44. The van der Waals surface area contributed by atoms with Crippen molar-refractivity contribution in [2.24, 2.45) is 5.73 Å². The van der Waals surface area contributed by atoms with Crippen molar-refractivity contribution in [3.63, 3.8) is 0 Å². The largest absolute Gasteiger partial charge is 0.377 e. The summed E-state index contributed by atoms with van der Waals surface area (Å²) in [7, 11) is 0.